The van der Waals surface area contributed by atoms with Gasteiger partial charge in [0.25, 0.3) is 0 Å². The molecule has 2 N–H and O–H groups in total. The predicted octanol–water partition coefficient (Wildman–Crippen LogP) is 3.12. The minimum Gasteiger partial charge on any atom is -0.368 e. The largest absolute Gasteiger partial charge is 0.368 e. The highest BCUT2D eigenvalue weighted by atomic mass is 15.2. The Bertz CT molecular complexity index is 400. The number of anilines is 1. The smallest absolute Gasteiger partial charge is 0.0401 e. The van der Waals surface area contributed by atoms with Gasteiger partial charge in [0.05, 0.1) is 0 Å². The van der Waals surface area contributed by atoms with Crippen LogP contribution in [0.2, 0.25) is 0 Å². The number of piperidine rings is 1. The number of rotatable bonds is 3. The van der Waals surface area contributed by atoms with Crippen LogP contribution in [0.25, 0.3) is 0 Å². The van der Waals surface area contributed by atoms with Gasteiger partial charge in [-0.2, -0.15) is 0 Å². The third-order valence-corrected chi connectivity index (χ3v) is 4.08. The average molecular weight is 246 g/mol. The maximum atomic E-state index is 5.75. The lowest BCUT2D eigenvalue weighted by Gasteiger charge is -2.39. The third-order valence-electron chi connectivity index (χ3n) is 4.08. The van der Waals surface area contributed by atoms with Crippen molar-refractivity contribution in [2.24, 2.45) is 11.7 Å². The third kappa shape index (κ3) is 2.86. The Kier molecular flexibility index (Phi) is 4.28. The van der Waals surface area contributed by atoms with E-state index in [1.54, 1.807) is 0 Å². The Labute approximate surface area is 111 Å². The molecule has 0 bridgehead atoms. The van der Waals surface area contributed by atoms with E-state index >= 15 is 0 Å². The molecule has 1 aromatic carbocycles. The van der Waals surface area contributed by atoms with Crippen LogP contribution in [0.5, 0.6) is 0 Å². The molecular weight excluding hydrogens is 220 g/mol. The molecule has 1 heterocycles. The molecule has 1 aromatic rings. The van der Waals surface area contributed by atoms with Crippen LogP contribution >= 0.6 is 0 Å². The van der Waals surface area contributed by atoms with Gasteiger partial charge in [-0.05, 0) is 57.2 Å². The highest BCUT2D eigenvalue weighted by Crippen LogP contribution is 2.30. The van der Waals surface area contributed by atoms with Crippen LogP contribution in [0.15, 0.2) is 18.2 Å². The lowest BCUT2D eigenvalue weighted by Crippen LogP contribution is -2.41. The van der Waals surface area contributed by atoms with E-state index in [0.717, 1.165) is 18.9 Å². The normalized spacial score (nSPS) is 24.3. The van der Waals surface area contributed by atoms with Crippen molar-refractivity contribution in [3.63, 3.8) is 0 Å². The van der Waals surface area contributed by atoms with Gasteiger partial charge in [0, 0.05) is 18.3 Å². The molecule has 2 heteroatoms. The summed E-state index contributed by atoms with van der Waals surface area (Å²) in [7, 11) is 0. The van der Waals surface area contributed by atoms with Gasteiger partial charge >= 0.3 is 0 Å². The van der Waals surface area contributed by atoms with E-state index in [9.17, 15) is 0 Å². The first-order valence-corrected chi connectivity index (χ1v) is 7.18. The molecule has 0 aliphatic carbocycles. The standard InChI is InChI=1S/C16H26N2/c1-12-5-7-16(15(10-12)8-9-17)18-11-13(2)4-6-14(18)3/h5,7,10,13-14H,4,6,8-9,11,17H2,1-3H3. The molecule has 1 saturated heterocycles. The fourth-order valence-electron chi connectivity index (χ4n) is 2.97. The van der Waals surface area contributed by atoms with Crippen molar-refractivity contribution in [1.29, 1.82) is 0 Å². The Morgan fingerprint density at radius 2 is 2.06 bits per heavy atom. The summed E-state index contributed by atoms with van der Waals surface area (Å²) in [6, 6.07) is 7.46. The number of aryl methyl sites for hydroxylation is 1. The Morgan fingerprint density at radius 1 is 1.28 bits per heavy atom. The van der Waals surface area contributed by atoms with Gasteiger partial charge in [-0.3, -0.25) is 0 Å². The maximum absolute atomic E-state index is 5.75. The molecule has 2 nitrogen and oxygen atoms in total. The number of benzene rings is 1. The van der Waals surface area contributed by atoms with Gasteiger partial charge < -0.3 is 10.6 Å². The Morgan fingerprint density at radius 3 is 2.78 bits per heavy atom. The van der Waals surface area contributed by atoms with Crippen molar-refractivity contribution in [2.75, 3.05) is 18.0 Å². The van der Waals surface area contributed by atoms with Crippen molar-refractivity contribution < 1.29 is 0 Å². The van der Waals surface area contributed by atoms with Crippen LogP contribution in [-0.2, 0) is 6.42 Å². The summed E-state index contributed by atoms with van der Waals surface area (Å²) < 4.78 is 0. The number of hydrogen-bond donors (Lipinski definition) is 1. The molecule has 18 heavy (non-hydrogen) atoms. The predicted molar refractivity (Wildman–Crippen MR) is 79.1 cm³/mol. The van der Waals surface area contributed by atoms with Crippen molar-refractivity contribution in [3.8, 4) is 0 Å². The minimum atomic E-state index is 0.653. The van der Waals surface area contributed by atoms with Crippen LogP contribution in [0.4, 0.5) is 5.69 Å². The molecule has 100 valence electrons. The molecule has 1 fully saturated rings. The van der Waals surface area contributed by atoms with Crippen molar-refractivity contribution in [1.82, 2.24) is 0 Å². The first-order valence-electron chi connectivity index (χ1n) is 7.18. The van der Waals surface area contributed by atoms with E-state index in [2.05, 4.69) is 43.9 Å². The summed E-state index contributed by atoms with van der Waals surface area (Å²) >= 11 is 0. The minimum absolute atomic E-state index is 0.653. The molecule has 2 rings (SSSR count). The molecule has 2 atom stereocenters. The first-order chi connectivity index (χ1) is 8.61. The molecule has 0 amide bonds. The fraction of sp³-hybridized carbons (Fsp3) is 0.625. The lowest BCUT2D eigenvalue weighted by atomic mass is 9.93. The van der Waals surface area contributed by atoms with Crippen LogP contribution in [0.3, 0.4) is 0 Å². The molecule has 0 spiro atoms. The Balaban J connectivity index is 2.30. The second-order valence-electron chi connectivity index (χ2n) is 5.85. The SMILES string of the molecule is Cc1ccc(N2CC(C)CCC2C)c(CCN)c1. The highest BCUT2D eigenvalue weighted by Gasteiger charge is 2.24. The monoisotopic (exact) mass is 246 g/mol. The van der Waals surface area contributed by atoms with Crippen molar-refractivity contribution in [2.45, 2.75) is 46.1 Å². The van der Waals surface area contributed by atoms with E-state index < -0.39 is 0 Å². The zero-order chi connectivity index (χ0) is 13.1. The molecule has 1 aliphatic rings. The summed E-state index contributed by atoms with van der Waals surface area (Å²) in [5, 5.41) is 0. The van der Waals surface area contributed by atoms with Crippen LogP contribution in [0, 0.1) is 12.8 Å². The lowest BCUT2D eigenvalue weighted by molar-refractivity contribution is 0.390. The molecule has 1 aliphatic heterocycles. The summed E-state index contributed by atoms with van der Waals surface area (Å²) in [5.74, 6) is 0.799. The summed E-state index contributed by atoms with van der Waals surface area (Å²) in [6.07, 6.45) is 3.64. The maximum Gasteiger partial charge on any atom is 0.0401 e. The number of nitrogens with zero attached hydrogens (tertiary/aromatic N) is 1. The van der Waals surface area contributed by atoms with Crippen molar-refractivity contribution in [3.05, 3.63) is 29.3 Å². The van der Waals surface area contributed by atoms with E-state index in [1.807, 2.05) is 0 Å². The fourth-order valence-corrected chi connectivity index (χ4v) is 2.97. The van der Waals surface area contributed by atoms with Crippen LogP contribution in [0.1, 0.15) is 37.8 Å². The van der Waals surface area contributed by atoms with Crippen LogP contribution in [-0.4, -0.2) is 19.1 Å². The quantitative estimate of drug-likeness (QED) is 0.888. The van der Waals surface area contributed by atoms with E-state index in [4.69, 9.17) is 5.73 Å². The second kappa shape index (κ2) is 5.75. The average Bonchev–Trinajstić information content (AvgIpc) is 2.33. The van der Waals surface area contributed by atoms with E-state index in [1.165, 1.54) is 36.2 Å². The second-order valence-corrected chi connectivity index (χ2v) is 5.85. The topological polar surface area (TPSA) is 29.3 Å². The van der Waals surface area contributed by atoms with E-state index in [-0.39, 0.29) is 0 Å². The van der Waals surface area contributed by atoms with Gasteiger partial charge in [0.15, 0.2) is 0 Å². The molecular formula is C16H26N2. The number of hydrogen-bond acceptors (Lipinski definition) is 2. The summed E-state index contributed by atoms with van der Waals surface area (Å²) in [4.78, 5) is 2.58. The molecule has 0 radical (unpaired) electrons. The summed E-state index contributed by atoms with van der Waals surface area (Å²) in [6.45, 7) is 8.77. The van der Waals surface area contributed by atoms with Gasteiger partial charge in [-0.25, -0.2) is 0 Å². The van der Waals surface area contributed by atoms with Gasteiger partial charge in [0.2, 0.25) is 0 Å². The number of nitrogens with two attached hydrogens (primary N) is 1. The van der Waals surface area contributed by atoms with Crippen LogP contribution < -0.4 is 10.6 Å². The highest BCUT2D eigenvalue weighted by molar-refractivity contribution is 5.56. The van der Waals surface area contributed by atoms with Gasteiger partial charge in [-0.15, -0.1) is 0 Å². The van der Waals surface area contributed by atoms with E-state index in [0.29, 0.717) is 6.04 Å². The van der Waals surface area contributed by atoms with Gasteiger partial charge in [-0.1, -0.05) is 24.6 Å². The molecule has 0 aromatic heterocycles. The Hall–Kier alpha value is -1.02. The van der Waals surface area contributed by atoms with Crippen molar-refractivity contribution >= 4 is 5.69 Å². The first kappa shape index (κ1) is 13.4. The molecule has 2 unspecified atom stereocenters. The van der Waals surface area contributed by atoms with Gasteiger partial charge in [0.1, 0.15) is 0 Å². The zero-order valence-corrected chi connectivity index (χ0v) is 11.9. The molecule has 0 saturated carbocycles. The summed E-state index contributed by atoms with van der Waals surface area (Å²) in [5.41, 5.74) is 9.91. The zero-order valence-electron chi connectivity index (χ0n) is 11.9.